The largest absolute Gasteiger partial charge is 0.573 e. The molecule has 0 aliphatic carbocycles. The van der Waals surface area contributed by atoms with E-state index < -0.39 is 44.6 Å². The molecule has 1 heterocycles. The van der Waals surface area contributed by atoms with Crippen molar-refractivity contribution in [1.82, 2.24) is 9.21 Å². The highest BCUT2D eigenvalue weighted by molar-refractivity contribution is 7.89. The number of carbonyl (C=O) groups is 1. The number of piperazine rings is 1. The van der Waals surface area contributed by atoms with Crippen LogP contribution in [0.2, 0.25) is 0 Å². The number of ether oxygens (including phenoxy) is 1. The van der Waals surface area contributed by atoms with Crippen LogP contribution in [-0.2, 0) is 10.0 Å². The molecule has 0 spiro atoms. The Hall–Kier alpha value is -2.73. The zero-order valence-corrected chi connectivity index (χ0v) is 16.0. The molecule has 0 N–H and O–H groups in total. The zero-order valence-electron chi connectivity index (χ0n) is 15.2. The number of halogens is 5. The molecule has 162 valence electrons. The molecule has 30 heavy (non-hydrogen) atoms. The Kier molecular flexibility index (Phi) is 5.99. The van der Waals surface area contributed by atoms with Gasteiger partial charge >= 0.3 is 6.36 Å². The number of rotatable bonds is 4. The Morgan fingerprint density at radius 2 is 1.50 bits per heavy atom. The lowest BCUT2D eigenvalue weighted by Gasteiger charge is -2.34. The van der Waals surface area contributed by atoms with Gasteiger partial charge in [-0.1, -0.05) is 0 Å². The third kappa shape index (κ3) is 4.87. The van der Waals surface area contributed by atoms with Crippen molar-refractivity contribution in [3.63, 3.8) is 0 Å². The average molecular weight is 450 g/mol. The van der Waals surface area contributed by atoms with Crippen LogP contribution in [0.25, 0.3) is 0 Å². The molecule has 0 saturated carbocycles. The summed E-state index contributed by atoms with van der Waals surface area (Å²) in [7, 11) is -4.07. The summed E-state index contributed by atoms with van der Waals surface area (Å²) >= 11 is 0. The van der Waals surface area contributed by atoms with Crippen molar-refractivity contribution in [3.05, 3.63) is 59.7 Å². The fourth-order valence-corrected chi connectivity index (χ4v) is 4.33. The maximum atomic E-state index is 13.4. The number of hydrogen-bond acceptors (Lipinski definition) is 4. The van der Waals surface area contributed by atoms with Crippen molar-refractivity contribution in [2.24, 2.45) is 0 Å². The number of carbonyl (C=O) groups excluding carboxylic acids is 1. The highest BCUT2D eigenvalue weighted by Gasteiger charge is 2.32. The van der Waals surface area contributed by atoms with Gasteiger partial charge in [0.2, 0.25) is 10.0 Å². The average Bonchev–Trinajstić information content (AvgIpc) is 2.69. The van der Waals surface area contributed by atoms with Crippen LogP contribution in [0.1, 0.15) is 10.4 Å². The van der Waals surface area contributed by atoms with Gasteiger partial charge in [-0.3, -0.25) is 4.79 Å². The normalized spacial score (nSPS) is 15.8. The van der Waals surface area contributed by atoms with Crippen LogP contribution in [0.5, 0.6) is 5.75 Å². The van der Waals surface area contributed by atoms with Crippen molar-refractivity contribution in [2.45, 2.75) is 11.3 Å². The van der Waals surface area contributed by atoms with Gasteiger partial charge in [0.25, 0.3) is 5.91 Å². The van der Waals surface area contributed by atoms with E-state index in [4.69, 9.17) is 0 Å². The molecular weight excluding hydrogens is 435 g/mol. The van der Waals surface area contributed by atoms with Gasteiger partial charge < -0.3 is 9.64 Å². The van der Waals surface area contributed by atoms with E-state index in [2.05, 4.69) is 4.74 Å². The standard InChI is InChI=1S/C18H15F5N2O4S/c19-15-6-5-14(11-16(15)20)30(27,28)25-9-7-24(8-10-25)17(26)12-1-3-13(4-2-12)29-18(21,22)23/h1-6,11H,7-10H2. The highest BCUT2D eigenvalue weighted by atomic mass is 32.2. The van der Waals surface area contributed by atoms with Gasteiger partial charge in [0.1, 0.15) is 5.75 Å². The number of benzene rings is 2. The zero-order chi connectivity index (χ0) is 22.1. The molecule has 2 aromatic carbocycles. The molecule has 0 radical (unpaired) electrons. The maximum absolute atomic E-state index is 13.4. The Labute approximate surface area is 168 Å². The van der Waals surface area contributed by atoms with E-state index in [9.17, 15) is 35.2 Å². The molecule has 0 bridgehead atoms. The fourth-order valence-electron chi connectivity index (χ4n) is 2.90. The first kappa shape index (κ1) is 22.0. The van der Waals surface area contributed by atoms with Crippen LogP contribution in [0.4, 0.5) is 22.0 Å². The first-order chi connectivity index (χ1) is 14.0. The summed E-state index contributed by atoms with van der Waals surface area (Å²) in [6.07, 6.45) is -4.85. The predicted octanol–water partition coefficient (Wildman–Crippen LogP) is 3.01. The quantitative estimate of drug-likeness (QED) is 0.672. The second kappa shape index (κ2) is 8.19. The van der Waals surface area contributed by atoms with Crippen LogP contribution in [-0.4, -0.2) is 56.1 Å². The minimum Gasteiger partial charge on any atom is -0.406 e. The van der Waals surface area contributed by atoms with E-state index in [1.165, 1.54) is 17.0 Å². The van der Waals surface area contributed by atoms with Crippen LogP contribution < -0.4 is 4.74 Å². The molecule has 0 aromatic heterocycles. The van der Waals surface area contributed by atoms with Crippen LogP contribution >= 0.6 is 0 Å². The topological polar surface area (TPSA) is 66.9 Å². The summed E-state index contributed by atoms with van der Waals surface area (Å²) < 4.78 is 93.0. The van der Waals surface area contributed by atoms with Crippen LogP contribution in [0, 0.1) is 11.6 Å². The van der Waals surface area contributed by atoms with Gasteiger partial charge in [0, 0.05) is 31.7 Å². The van der Waals surface area contributed by atoms with Crippen molar-refractivity contribution >= 4 is 15.9 Å². The summed E-state index contributed by atoms with van der Waals surface area (Å²) in [6.45, 7) is -0.129. The van der Waals surface area contributed by atoms with Gasteiger partial charge in [-0.2, -0.15) is 4.31 Å². The second-order valence-electron chi connectivity index (χ2n) is 6.34. The van der Waals surface area contributed by atoms with Crippen molar-refractivity contribution < 1.29 is 39.9 Å². The third-order valence-electron chi connectivity index (χ3n) is 4.39. The lowest BCUT2D eigenvalue weighted by Crippen LogP contribution is -2.50. The Morgan fingerprint density at radius 1 is 0.900 bits per heavy atom. The fraction of sp³-hybridized carbons (Fsp3) is 0.278. The molecule has 1 aliphatic rings. The summed E-state index contributed by atoms with van der Waals surface area (Å²) in [5.41, 5.74) is 0.112. The van der Waals surface area contributed by atoms with Gasteiger partial charge in [-0.05, 0) is 42.5 Å². The highest BCUT2D eigenvalue weighted by Crippen LogP contribution is 2.24. The van der Waals surface area contributed by atoms with E-state index in [-0.39, 0.29) is 31.7 Å². The first-order valence-electron chi connectivity index (χ1n) is 8.58. The van der Waals surface area contributed by atoms with Crippen LogP contribution in [0.3, 0.4) is 0 Å². The van der Waals surface area contributed by atoms with Crippen molar-refractivity contribution in [1.29, 1.82) is 0 Å². The molecule has 1 amide bonds. The van der Waals surface area contributed by atoms with Gasteiger partial charge in [-0.25, -0.2) is 17.2 Å². The molecule has 12 heteroatoms. The molecule has 0 atom stereocenters. The smallest absolute Gasteiger partial charge is 0.406 e. The predicted molar refractivity (Wildman–Crippen MR) is 94.1 cm³/mol. The lowest BCUT2D eigenvalue weighted by molar-refractivity contribution is -0.274. The van der Waals surface area contributed by atoms with E-state index in [1.54, 1.807) is 0 Å². The minimum atomic E-state index is -4.85. The summed E-state index contributed by atoms with van der Waals surface area (Å²) in [5.74, 6) is -3.42. The van der Waals surface area contributed by atoms with Crippen molar-refractivity contribution in [2.75, 3.05) is 26.2 Å². The molecule has 0 unspecified atom stereocenters. The van der Waals surface area contributed by atoms with Crippen molar-refractivity contribution in [3.8, 4) is 5.75 Å². The summed E-state index contributed by atoms with van der Waals surface area (Å²) in [6, 6.07) is 6.62. The monoisotopic (exact) mass is 450 g/mol. The van der Waals surface area contributed by atoms with E-state index >= 15 is 0 Å². The molecule has 1 saturated heterocycles. The molecule has 2 aromatic rings. The van der Waals surface area contributed by atoms with Gasteiger partial charge in [0.15, 0.2) is 11.6 Å². The second-order valence-corrected chi connectivity index (χ2v) is 8.28. The molecule has 1 fully saturated rings. The molecule has 1 aliphatic heterocycles. The van der Waals surface area contributed by atoms with E-state index in [0.29, 0.717) is 12.1 Å². The molecular formula is C18H15F5N2O4S. The van der Waals surface area contributed by atoms with Gasteiger partial charge in [0.05, 0.1) is 4.90 Å². The lowest BCUT2D eigenvalue weighted by atomic mass is 10.2. The number of nitrogens with zero attached hydrogens (tertiary/aromatic N) is 2. The maximum Gasteiger partial charge on any atom is 0.573 e. The third-order valence-corrected chi connectivity index (χ3v) is 6.28. The first-order valence-corrected chi connectivity index (χ1v) is 10.0. The SMILES string of the molecule is O=C(c1ccc(OC(F)(F)F)cc1)N1CCN(S(=O)(=O)c2ccc(F)c(F)c2)CC1. The minimum absolute atomic E-state index is 0.0164. The Bertz CT molecular complexity index is 1030. The number of sulfonamides is 1. The summed E-state index contributed by atoms with van der Waals surface area (Å²) in [5, 5.41) is 0. The Morgan fingerprint density at radius 3 is 2.03 bits per heavy atom. The van der Waals surface area contributed by atoms with E-state index in [0.717, 1.165) is 22.5 Å². The number of hydrogen-bond donors (Lipinski definition) is 0. The molecule has 3 rings (SSSR count). The summed E-state index contributed by atoms with van der Waals surface area (Å²) in [4.78, 5) is 13.5. The molecule has 6 nitrogen and oxygen atoms in total. The Balaban J connectivity index is 1.64. The number of alkyl halides is 3. The van der Waals surface area contributed by atoms with Crippen LogP contribution in [0.15, 0.2) is 47.4 Å². The number of amides is 1. The van der Waals surface area contributed by atoms with Gasteiger partial charge in [-0.15, -0.1) is 13.2 Å². The van der Waals surface area contributed by atoms with E-state index in [1.807, 2.05) is 0 Å².